The standard InChI is InChI=1S/C20H26ClNO/c1-19(2,3)14-11-13(12-15(18(14)23)20(4,5)6)22-17-10-8-7-9-16(17)21/h7-12,22-23H,1-6H3. The molecule has 0 aliphatic heterocycles. The molecular formula is C20H26ClNO. The number of phenolic OH excluding ortho intramolecular Hbond substituents is 1. The van der Waals surface area contributed by atoms with E-state index in [9.17, 15) is 5.11 Å². The van der Waals surface area contributed by atoms with Crippen LogP contribution in [0, 0.1) is 0 Å². The minimum atomic E-state index is -0.151. The molecule has 2 aromatic carbocycles. The second kappa shape index (κ2) is 6.09. The molecule has 0 spiro atoms. The Morgan fingerprint density at radius 2 is 1.35 bits per heavy atom. The van der Waals surface area contributed by atoms with Crippen LogP contribution in [0.4, 0.5) is 11.4 Å². The molecule has 0 radical (unpaired) electrons. The maximum atomic E-state index is 10.8. The molecule has 0 fully saturated rings. The highest BCUT2D eigenvalue weighted by Crippen LogP contribution is 2.41. The zero-order valence-electron chi connectivity index (χ0n) is 14.8. The van der Waals surface area contributed by atoms with Gasteiger partial charge in [-0.2, -0.15) is 0 Å². The summed E-state index contributed by atoms with van der Waals surface area (Å²) in [7, 11) is 0. The Morgan fingerprint density at radius 3 is 1.78 bits per heavy atom. The third-order valence-corrected chi connectivity index (χ3v) is 4.21. The average molecular weight is 332 g/mol. The first-order chi connectivity index (χ1) is 10.5. The SMILES string of the molecule is CC(C)(C)c1cc(Nc2ccccc2Cl)cc(C(C)(C)C)c1O. The number of rotatable bonds is 2. The van der Waals surface area contributed by atoms with E-state index in [1.165, 1.54) is 0 Å². The van der Waals surface area contributed by atoms with Crippen LogP contribution in [0.25, 0.3) is 0 Å². The normalized spacial score (nSPS) is 12.3. The number of nitrogens with one attached hydrogen (secondary N) is 1. The zero-order chi connectivity index (χ0) is 17.4. The molecule has 0 amide bonds. The predicted molar refractivity (Wildman–Crippen MR) is 100 cm³/mol. The molecule has 0 aliphatic rings. The minimum Gasteiger partial charge on any atom is -0.507 e. The fourth-order valence-electron chi connectivity index (χ4n) is 2.57. The van der Waals surface area contributed by atoms with Gasteiger partial charge in [0.2, 0.25) is 0 Å². The van der Waals surface area contributed by atoms with Crippen molar-refractivity contribution >= 4 is 23.0 Å². The summed E-state index contributed by atoms with van der Waals surface area (Å²) in [5.41, 5.74) is 3.36. The second-order valence-electron chi connectivity index (χ2n) is 8.02. The van der Waals surface area contributed by atoms with Gasteiger partial charge in [0.25, 0.3) is 0 Å². The molecule has 3 heteroatoms. The lowest BCUT2D eigenvalue weighted by atomic mass is 9.79. The second-order valence-corrected chi connectivity index (χ2v) is 8.43. The minimum absolute atomic E-state index is 0.151. The van der Waals surface area contributed by atoms with Crippen molar-refractivity contribution in [1.29, 1.82) is 0 Å². The van der Waals surface area contributed by atoms with Gasteiger partial charge in [-0.15, -0.1) is 0 Å². The van der Waals surface area contributed by atoms with Gasteiger partial charge in [0, 0.05) is 16.8 Å². The maximum Gasteiger partial charge on any atom is 0.123 e. The predicted octanol–water partition coefficient (Wildman–Crippen LogP) is 6.38. The highest BCUT2D eigenvalue weighted by atomic mass is 35.5. The van der Waals surface area contributed by atoms with Gasteiger partial charge < -0.3 is 10.4 Å². The summed E-state index contributed by atoms with van der Waals surface area (Å²) in [6.45, 7) is 12.6. The van der Waals surface area contributed by atoms with Crippen LogP contribution in [0.3, 0.4) is 0 Å². The first-order valence-corrected chi connectivity index (χ1v) is 8.27. The van der Waals surface area contributed by atoms with E-state index in [0.717, 1.165) is 22.5 Å². The Bertz CT molecular complexity index is 673. The Morgan fingerprint density at radius 1 is 0.870 bits per heavy atom. The van der Waals surface area contributed by atoms with Crippen LogP contribution < -0.4 is 5.32 Å². The van der Waals surface area contributed by atoms with Crippen molar-refractivity contribution in [2.75, 3.05) is 5.32 Å². The van der Waals surface area contributed by atoms with Gasteiger partial charge in [0.15, 0.2) is 0 Å². The molecule has 0 saturated carbocycles. The van der Waals surface area contributed by atoms with Crippen LogP contribution in [0.2, 0.25) is 5.02 Å². The van der Waals surface area contributed by atoms with Gasteiger partial charge >= 0.3 is 0 Å². The van der Waals surface area contributed by atoms with Gasteiger partial charge in [-0.3, -0.25) is 0 Å². The molecule has 2 N–H and O–H groups in total. The molecule has 0 atom stereocenters. The van der Waals surface area contributed by atoms with Crippen molar-refractivity contribution in [3.05, 3.63) is 52.5 Å². The Hall–Kier alpha value is -1.67. The largest absolute Gasteiger partial charge is 0.507 e. The summed E-state index contributed by atoms with van der Waals surface area (Å²) in [5.74, 6) is 0.384. The fraction of sp³-hybridized carbons (Fsp3) is 0.400. The highest BCUT2D eigenvalue weighted by Gasteiger charge is 2.26. The number of aromatic hydroxyl groups is 1. The van der Waals surface area contributed by atoms with Crippen molar-refractivity contribution in [2.24, 2.45) is 0 Å². The number of halogens is 1. The van der Waals surface area contributed by atoms with Crippen LogP contribution in [-0.2, 0) is 10.8 Å². The van der Waals surface area contributed by atoms with Gasteiger partial charge in [-0.05, 0) is 35.1 Å². The molecule has 2 rings (SSSR count). The fourth-order valence-corrected chi connectivity index (χ4v) is 2.75. The van der Waals surface area contributed by atoms with E-state index in [4.69, 9.17) is 11.6 Å². The zero-order valence-corrected chi connectivity index (χ0v) is 15.5. The number of anilines is 2. The Labute approximate surface area is 144 Å². The van der Waals surface area contributed by atoms with E-state index in [2.05, 4.69) is 46.9 Å². The van der Waals surface area contributed by atoms with Gasteiger partial charge in [0.05, 0.1) is 10.7 Å². The molecule has 23 heavy (non-hydrogen) atoms. The van der Waals surface area contributed by atoms with Crippen molar-refractivity contribution in [3.63, 3.8) is 0 Å². The average Bonchev–Trinajstić information content (AvgIpc) is 2.40. The lowest BCUT2D eigenvalue weighted by Gasteiger charge is -2.28. The van der Waals surface area contributed by atoms with Gasteiger partial charge in [0.1, 0.15) is 5.75 Å². The van der Waals surface area contributed by atoms with E-state index in [1.54, 1.807) is 0 Å². The molecule has 0 aromatic heterocycles. The number of benzene rings is 2. The number of hydrogen-bond donors (Lipinski definition) is 2. The number of para-hydroxylation sites is 1. The first-order valence-electron chi connectivity index (χ1n) is 7.89. The van der Waals surface area contributed by atoms with E-state index in [-0.39, 0.29) is 10.8 Å². The molecular weight excluding hydrogens is 306 g/mol. The summed E-state index contributed by atoms with van der Waals surface area (Å²) in [4.78, 5) is 0. The maximum absolute atomic E-state index is 10.8. The van der Waals surface area contributed by atoms with Gasteiger partial charge in [-0.1, -0.05) is 65.3 Å². The smallest absolute Gasteiger partial charge is 0.123 e. The quantitative estimate of drug-likeness (QED) is 0.625. The lowest BCUT2D eigenvalue weighted by Crippen LogP contribution is -2.17. The molecule has 2 nitrogen and oxygen atoms in total. The first kappa shape index (κ1) is 17.7. The van der Waals surface area contributed by atoms with Crippen molar-refractivity contribution in [3.8, 4) is 5.75 Å². The van der Waals surface area contributed by atoms with E-state index in [0.29, 0.717) is 10.8 Å². The highest BCUT2D eigenvalue weighted by molar-refractivity contribution is 6.33. The molecule has 124 valence electrons. The Balaban J connectivity index is 2.59. The summed E-state index contributed by atoms with van der Waals surface area (Å²) in [6, 6.07) is 11.7. The van der Waals surface area contributed by atoms with Crippen LogP contribution in [-0.4, -0.2) is 5.11 Å². The van der Waals surface area contributed by atoms with E-state index < -0.39 is 0 Å². The topological polar surface area (TPSA) is 32.3 Å². The monoisotopic (exact) mass is 331 g/mol. The van der Waals surface area contributed by atoms with Crippen LogP contribution in [0.15, 0.2) is 36.4 Å². The molecule has 0 saturated heterocycles. The molecule has 0 bridgehead atoms. The molecule has 0 heterocycles. The van der Waals surface area contributed by atoms with Crippen molar-refractivity contribution < 1.29 is 5.11 Å². The van der Waals surface area contributed by atoms with Crippen LogP contribution in [0.1, 0.15) is 52.7 Å². The van der Waals surface area contributed by atoms with E-state index in [1.807, 2.05) is 36.4 Å². The van der Waals surface area contributed by atoms with E-state index >= 15 is 0 Å². The third-order valence-electron chi connectivity index (χ3n) is 3.88. The lowest BCUT2D eigenvalue weighted by molar-refractivity contribution is 0.423. The number of hydrogen-bond acceptors (Lipinski definition) is 2. The van der Waals surface area contributed by atoms with Crippen molar-refractivity contribution in [1.82, 2.24) is 0 Å². The number of phenols is 1. The summed E-state index contributed by atoms with van der Waals surface area (Å²) >= 11 is 6.25. The molecule has 0 unspecified atom stereocenters. The molecule has 0 aliphatic carbocycles. The summed E-state index contributed by atoms with van der Waals surface area (Å²) in [5, 5.41) is 14.8. The third kappa shape index (κ3) is 4.00. The summed E-state index contributed by atoms with van der Waals surface area (Å²) < 4.78 is 0. The summed E-state index contributed by atoms with van der Waals surface area (Å²) in [6.07, 6.45) is 0. The van der Waals surface area contributed by atoms with Crippen molar-refractivity contribution in [2.45, 2.75) is 52.4 Å². The van der Waals surface area contributed by atoms with Gasteiger partial charge in [-0.25, -0.2) is 0 Å². The molecule has 2 aromatic rings. The Kier molecular flexibility index (Phi) is 4.68. The van der Waals surface area contributed by atoms with Crippen LogP contribution >= 0.6 is 11.6 Å². The van der Waals surface area contributed by atoms with Crippen LogP contribution in [0.5, 0.6) is 5.75 Å².